The molecule has 1 N–H and O–H groups in total. The Hall–Kier alpha value is -6.15. The summed E-state index contributed by atoms with van der Waals surface area (Å²) >= 11 is 0. The van der Waals surface area contributed by atoms with Gasteiger partial charge in [0.2, 0.25) is 0 Å². The smallest absolute Gasteiger partial charge is 0.337 e. The molecule has 8 heteroatoms. The van der Waals surface area contributed by atoms with Crippen molar-refractivity contribution in [1.82, 2.24) is 0 Å². The lowest BCUT2D eigenvalue weighted by molar-refractivity contribution is 0.0592. The fourth-order valence-corrected chi connectivity index (χ4v) is 4.82. The minimum Gasteiger partial charge on any atom is -0.465 e. The number of esters is 2. The van der Waals surface area contributed by atoms with Gasteiger partial charge in [0, 0.05) is 11.3 Å². The molecule has 0 bridgehead atoms. The first-order chi connectivity index (χ1) is 21.9. The van der Waals surface area contributed by atoms with E-state index in [2.05, 4.69) is 5.32 Å². The van der Waals surface area contributed by atoms with E-state index in [1.54, 1.807) is 72.8 Å². The number of fused-ring (bicyclic) bond motifs is 2. The SMILES string of the molecule is COC(=O)c1ccc2cc(Oc3ccc(NC(=O)c4ccc(Oc5ccc6cc(C(=O)OC)ccc6c5)cc4)cc3)ccc2c1. The van der Waals surface area contributed by atoms with E-state index in [-0.39, 0.29) is 17.8 Å². The highest BCUT2D eigenvalue weighted by Crippen LogP contribution is 2.29. The molecular formula is C37H27NO7. The highest BCUT2D eigenvalue weighted by atomic mass is 16.5. The number of rotatable bonds is 8. The van der Waals surface area contributed by atoms with Gasteiger partial charge in [0.25, 0.3) is 5.91 Å². The second kappa shape index (κ2) is 12.6. The Morgan fingerprint density at radius 1 is 0.444 bits per heavy atom. The van der Waals surface area contributed by atoms with Gasteiger partial charge in [-0.1, -0.05) is 24.3 Å². The van der Waals surface area contributed by atoms with Crippen molar-refractivity contribution in [3.8, 4) is 23.0 Å². The normalized spacial score (nSPS) is 10.7. The monoisotopic (exact) mass is 597 g/mol. The van der Waals surface area contributed by atoms with Crippen molar-refractivity contribution in [3.05, 3.63) is 138 Å². The van der Waals surface area contributed by atoms with Crippen LogP contribution >= 0.6 is 0 Å². The van der Waals surface area contributed by atoms with Crippen LogP contribution in [0.1, 0.15) is 31.1 Å². The quantitative estimate of drug-likeness (QED) is 0.176. The van der Waals surface area contributed by atoms with Crippen LogP contribution in [-0.2, 0) is 9.47 Å². The van der Waals surface area contributed by atoms with Crippen molar-refractivity contribution >= 4 is 45.1 Å². The van der Waals surface area contributed by atoms with E-state index in [1.807, 2.05) is 48.5 Å². The Morgan fingerprint density at radius 2 is 0.822 bits per heavy atom. The number of benzene rings is 6. The zero-order valence-corrected chi connectivity index (χ0v) is 24.4. The van der Waals surface area contributed by atoms with E-state index in [1.165, 1.54) is 14.2 Å². The van der Waals surface area contributed by atoms with Crippen LogP contribution in [0.5, 0.6) is 23.0 Å². The maximum atomic E-state index is 12.9. The molecule has 8 nitrogen and oxygen atoms in total. The van der Waals surface area contributed by atoms with E-state index in [0.29, 0.717) is 45.4 Å². The zero-order chi connectivity index (χ0) is 31.3. The van der Waals surface area contributed by atoms with E-state index in [9.17, 15) is 14.4 Å². The van der Waals surface area contributed by atoms with Crippen molar-refractivity contribution in [2.24, 2.45) is 0 Å². The number of anilines is 1. The van der Waals surface area contributed by atoms with Crippen LogP contribution in [0.25, 0.3) is 21.5 Å². The highest BCUT2D eigenvalue weighted by molar-refractivity contribution is 6.04. The fourth-order valence-electron chi connectivity index (χ4n) is 4.82. The van der Waals surface area contributed by atoms with Crippen molar-refractivity contribution in [2.75, 3.05) is 19.5 Å². The average Bonchev–Trinajstić information content (AvgIpc) is 3.08. The molecule has 0 aromatic heterocycles. The number of nitrogens with one attached hydrogen (secondary N) is 1. The van der Waals surface area contributed by atoms with Gasteiger partial charge in [-0.25, -0.2) is 9.59 Å². The van der Waals surface area contributed by atoms with Crippen molar-refractivity contribution in [2.45, 2.75) is 0 Å². The minimum atomic E-state index is -0.385. The lowest BCUT2D eigenvalue weighted by Crippen LogP contribution is -2.11. The highest BCUT2D eigenvalue weighted by Gasteiger charge is 2.10. The van der Waals surface area contributed by atoms with Crippen LogP contribution in [0.3, 0.4) is 0 Å². The maximum absolute atomic E-state index is 12.9. The van der Waals surface area contributed by atoms with E-state index in [4.69, 9.17) is 18.9 Å². The summed E-state index contributed by atoms with van der Waals surface area (Å²) in [7, 11) is 2.71. The van der Waals surface area contributed by atoms with Crippen LogP contribution in [0.15, 0.2) is 121 Å². The fraction of sp³-hybridized carbons (Fsp3) is 0.0541. The van der Waals surface area contributed by atoms with Crippen LogP contribution in [0.2, 0.25) is 0 Å². The van der Waals surface area contributed by atoms with Gasteiger partial charge >= 0.3 is 11.9 Å². The van der Waals surface area contributed by atoms with Crippen molar-refractivity contribution < 1.29 is 33.3 Å². The van der Waals surface area contributed by atoms with Crippen molar-refractivity contribution in [3.63, 3.8) is 0 Å². The molecule has 0 fully saturated rings. The molecule has 6 rings (SSSR count). The lowest BCUT2D eigenvalue weighted by Gasteiger charge is -2.10. The lowest BCUT2D eigenvalue weighted by atomic mass is 10.1. The minimum absolute atomic E-state index is 0.261. The second-order valence-corrected chi connectivity index (χ2v) is 10.1. The molecule has 0 aliphatic heterocycles. The molecule has 0 unspecified atom stereocenters. The van der Waals surface area contributed by atoms with Gasteiger partial charge < -0.3 is 24.3 Å². The largest absolute Gasteiger partial charge is 0.465 e. The van der Waals surface area contributed by atoms with Crippen molar-refractivity contribution in [1.29, 1.82) is 0 Å². The Balaban J connectivity index is 1.06. The molecule has 0 atom stereocenters. The zero-order valence-electron chi connectivity index (χ0n) is 24.4. The summed E-state index contributed by atoms with van der Waals surface area (Å²) in [6.45, 7) is 0. The van der Waals surface area contributed by atoms with Crippen LogP contribution in [0.4, 0.5) is 5.69 Å². The Morgan fingerprint density at radius 3 is 1.29 bits per heavy atom. The summed E-state index contributed by atoms with van der Waals surface area (Å²) in [5.74, 6) is 1.43. The van der Waals surface area contributed by atoms with E-state index < -0.39 is 0 Å². The Labute approximate surface area is 258 Å². The molecule has 0 heterocycles. The molecule has 0 aliphatic carbocycles. The summed E-state index contributed by atoms with van der Waals surface area (Å²) in [5, 5.41) is 6.52. The number of amides is 1. The number of hydrogen-bond donors (Lipinski definition) is 1. The summed E-state index contributed by atoms with van der Waals surface area (Å²) in [6.07, 6.45) is 0. The molecular weight excluding hydrogens is 570 g/mol. The van der Waals surface area contributed by atoms with Crippen LogP contribution < -0.4 is 14.8 Å². The molecule has 0 saturated carbocycles. The van der Waals surface area contributed by atoms with Gasteiger partial charge in [0.05, 0.1) is 25.3 Å². The van der Waals surface area contributed by atoms with Gasteiger partial charge in [-0.3, -0.25) is 4.79 Å². The summed E-state index contributed by atoms with van der Waals surface area (Å²) < 4.78 is 21.6. The van der Waals surface area contributed by atoms with Gasteiger partial charge in [-0.05, 0) is 119 Å². The topological polar surface area (TPSA) is 100 Å². The van der Waals surface area contributed by atoms with Crippen LogP contribution in [-0.4, -0.2) is 32.1 Å². The Bertz CT molecular complexity index is 2050. The first-order valence-electron chi connectivity index (χ1n) is 14.0. The number of carbonyl (C=O) groups excluding carboxylic acids is 3. The number of methoxy groups -OCH3 is 2. The third-order valence-electron chi connectivity index (χ3n) is 7.17. The molecule has 222 valence electrons. The first-order valence-corrected chi connectivity index (χ1v) is 14.0. The Kier molecular flexibility index (Phi) is 8.11. The average molecular weight is 598 g/mol. The number of carbonyl (C=O) groups is 3. The summed E-state index contributed by atoms with van der Waals surface area (Å²) in [5.41, 5.74) is 2.06. The van der Waals surface area contributed by atoms with Gasteiger partial charge in [0.1, 0.15) is 23.0 Å². The molecule has 45 heavy (non-hydrogen) atoms. The molecule has 6 aromatic carbocycles. The molecule has 0 spiro atoms. The molecule has 0 aliphatic rings. The summed E-state index contributed by atoms with van der Waals surface area (Å²) in [6, 6.07) is 35.8. The maximum Gasteiger partial charge on any atom is 0.337 e. The molecule has 0 radical (unpaired) electrons. The van der Waals surface area contributed by atoms with Gasteiger partial charge in [-0.15, -0.1) is 0 Å². The second-order valence-electron chi connectivity index (χ2n) is 10.1. The van der Waals surface area contributed by atoms with Crippen LogP contribution in [0, 0.1) is 0 Å². The third kappa shape index (κ3) is 6.60. The van der Waals surface area contributed by atoms with E-state index in [0.717, 1.165) is 21.5 Å². The third-order valence-corrected chi connectivity index (χ3v) is 7.17. The van der Waals surface area contributed by atoms with Gasteiger partial charge in [-0.2, -0.15) is 0 Å². The van der Waals surface area contributed by atoms with Gasteiger partial charge in [0.15, 0.2) is 0 Å². The summed E-state index contributed by atoms with van der Waals surface area (Å²) in [4.78, 5) is 36.4. The predicted octanol–water partition coefficient (Wildman–Crippen LogP) is 8.40. The first kappa shape index (κ1) is 28.9. The number of hydrogen-bond acceptors (Lipinski definition) is 7. The predicted molar refractivity (Wildman–Crippen MR) is 172 cm³/mol. The molecule has 6 aromatic rings. The van der Waals surface area contributed by atoms with E-state index >= 15 is 0 Å². The molecule has 0 saturated heterocycles. The molecule has 1 amide bonds. The number of ether oxygens (including phenoxy) is 4. The standard InChI is InChI=1S/C37H27NO7/c1-42-36(40)28-5-3-26-21-33(15-9-24(26)19-28)44-31-13-7-23(8-14-31)35(39)38-30-11-17-32(18-12-30)45-34-16-10-25-20-29(37(41)43-2)6-4-27(25)22-34/h3-22H,1-2H3,(H,38,39).